The molecule has 0 saturated carbocycles. The van der Waals surface area contributed by atoms with E-state index in [1.165, 1.54) is 33.4 Å². The van der Waals surface area contributed by atoms with E-state index in [2.05, 4.69) is 209 Å². The van der Waals surface area contributed by atoms with Crippen LogP contribution in [0.4, 0.5) is 17.1 Å². The summed E-state index contributed by atoms with van der Waals surface area (Å²) in [6, 6.07) is 57.0. The van der Waals surface area contributed by atoms with E-state index in [1.54, 1.807) is 12.1 Å². The van der Waals surface area contributed by atoms with Crippen LogP contribution in [-0.4, -0.2) is 0 Å². The third kappa shape index (κ3) is 5.93. The van der Waals surface area contributed by atoms with Crippen molar-refractivity contribution in [2.45, 2.75) is 91.5 Å². The number of nitrogens with zero attached hydrogens (tertiary/aromatic N) is 3. The normalized spacial score (nSPS) is 18.2. The topological polar surface area (TPSA) is 19.6 Å². The van der Waals surface area contributed by atoms with Gasteiger partial charge in [-0.25, -0.2) is 4.90 Å². The summed E-state index contributed by atoms with van der Waals surface area (Å²) >= 11 is 0. The number of benzene rings is 7. The standard InChI is InChI=1S/C62H58N3O/c1-38(2)31-40-25-28-53(48(32-40)43-19-14-11-15-20-43)64-54-22-16-21-47-49-33-45(41-17-12-10-13-18-41)34-50-55-35-44(42-26-23-39(3)24-27-42)29-30-63(55)62(56(49)50)65(57(47)54)59(64)51-36-46(60(4,5)6)37-52(58(51)66-62)61(7,8)9/h10-30,32-38,59H,31H2,1-9H3/q+1/i3D3. The van der Waals surface area contributed by atoms with Gasteiger partial charge >= 0.3 is 5.85 Å². The number of aryl methyl sites for hydroxylation is 1. The Morgan fingerprint density at radius 3 is 2.03 bits per heavy atom. The fourth-order valence-corrected chi connectivity index (χ4v) is 11.3. The van der Waals surface area contributed by atoms with E-state index in [0.717, 1.165) is 79.4 Å². The maximum Gasteiger partial charge on any atom is 0.432 e. The van der Waals surface area contributed by atoms with E-state index in [-0.39, 0.29) is 17.0 Å². The van der Waals surface area contributed by atoms with E-state index in [4.69, 9.17) is 8.85 Å². The Balaban J connectivity index is 1.21. The van der Waals surface area contributed by atoms with Gasteiger partial charge in [-0.05, 0) is 105 Å². The van der Waals surface area contributed by atoms with Gasteiger partial charge in [0, 0.05) is 44.1 Å². The molecule has 7 aromatic carbocycles. The lowest BCUT2D eigenvalue weighted by molar-refractivity contribution is -0.774. The molecular weight excluding hydrogens is 803 g/mol. The lowest BCUT2D eigenvalue weighted by atomic mass is 9.77. The number of rotatable bonds is 6. The summed E-state index contributed by atoms with van der Waals surface area (Å²) in [4.78, 5) is 5.25. The molecule has 66 heavy (non-hydrogen) atoms. The molecule has 1 aromatic heterocycles. The first-order valence-electron chi connectivity index (χ1n) is 25.1. The van der Waals surface area contributed by atoms with Gasteiger partial charge in [-0.1, -0.05) is 170 Å². The van der Waals surface area contributed by atoms with Gasteiger partial charge in [-0.2, -0.15) is 0 Å². The number of anilines is 3. The van der Waals surface area contributed by atoms with Gasteiger partial charge in [0.15, 0.2) is 6.20 Å². The molecule has 0 aliphatic carbocycles. The monoisotopic (exact) mass is 863 g/mol. The van der Waals surface area contributed by atoms with E-state index in [1.807, 2.05) is 12.1 Å². The zero-order valence-electron chi connectivity index (χ0n) is 42.2. The number of hydrogen-bond donors (Lipinski definition) is 0. The molecule has 4 heteroatoms. The second-order valence-electron chi connectivity index (χ2n) is 21.3. The number of ether oxygens (including phenoxy) is 1. The van der Waals surface area contributed by atoms with Gasteiger partial charge in [-0.3, -0.25) is 0 Å². The molecule has 8 aromatic rings. The van der Waals surface area contributed by atoms with E-state index < -0.39 is 12.7 Å². The molecule has 0 fully saturated rings. The van der Waals surface area contributed by atoms with Crippen LogP contribution in [0.15, 0.2) is 164 Å². The van der Waals surface area contributed by atoms with Gasteiger partial charge in [0.25, 0.3) is 0 Å². The Labute approximate surface area is 395 Å². The Morgan fingerprint density at radius 2 is 1.33 bits per heavy atom. The van der Waals surface area contributed by atoms with Crippen molar-refractivity contribution >= 4 is 17.1 Å². The third-order valence-electron chi connectivity index (χ3n) is 14.3. The van der Waals surface area contributed by atoms with E-state index in [0.29, 0.717) is 11.5 Å². The van der Waals surface area contributed by atoms with Gasteiger partial charge in [0.1, 0.15) is 17.5 Å². The summed E-state index contributed by atoms with van der Waals surface area (Å²) in [5.41, 5.74) is 20.5. The maximum atomic E-state index is 8.17. The predicted octanol–water partition coefficient (Wildman–Crippen LogP) is 15.4. The second kappa shape index (κ2) is 14.3. The van der Waals surface area contributed by atoms with Crippen LogP contribution in [0.25, 0.3) is 55.8 Å². The average Bonchev–Trinajstić information content (AvgIpc) is 3.82. The van der Waals surface area contributed by atoms with Crippen molar-refractivity contribution in [3.63, 3.8) is 0 Å². The number of aromatic nitrogens is 1. The highest BCUT2D eigenvalue weighted by atomic mass is 16.5. The molecule has 0 amide bonds. The van der Waals surface area contributed by atoms with Crippen LogP contribution in [0.2, 0.25) is 0 Å². The summed E-state index contributed by atoms with van der Waals surface area (Å²) in [6.07, 6.45) is 2.89. The fourth-order valence-electron chi connectivity index (χ4n) is 11.3. The van der Waals surface area contributed by atoms with Crippen LogP contribution >= 0.6 is 0 Å². The quantitative estimate of drug-likeness (QED) is 0.155. The molecule has 0 N–H and O–H groups in total. The van der Waals surface area contributed by atoms with Gasteiger partial charge in [0.2, 0.25) is 5.69 Å². The summed E-state index contributed by atoms with van der Waals surface area (Å²) in [5, 5.41) is 0. The number of fused-ring (bicyclic) bond motifs is 5. The van der Waals surface area contributed by atoms with Crippen LogP contribution in [0.3, 0.4) is 0 Å². The summed E-state index contributed by atoms with van der Waals surface area (Å²) < 4.78 is 34.8. The van der Waals surface area contributed by atoms with E-state index >= 15 is 0 Å². The summed E-state index contributed by atoms with van der Waals surface area (Å²) in [7, 11) is 0. The van der Waals surface area contributed by atoms with Crippen molar-refractivity contribution in [1.82, 2.24) is 0 Å². The molecule has 4 aliphatic rings. The van der Waals surface area contributed by atoms with Crippen molar-refractivity contribution in [2.24, 2.45) is 5.92 Å². The minimum atomic E-state index is -2.18. The van der Waals surface area contributed by atoms with E-state index in [9.17, 15) is 0 Å². The SMILES string of the molecule is [2H]C([2H])([2H])c1ccc(-c2cc[n+]3c(c2)-c2cc(-c4ccccc4)cc4c2C32Oc3c(cc(C(C)(C)C)cc3C(C)(C)C)C3N(c5ccc(CC(C)C)cc5-c5ccccc5)c5cccc-4c5N32)cc1. The predicted molar refractivity (Wildman–Crippen MR) is 272 cm³/mol. The van der Waals surface area contributed by atoms with Crippen molar-refractivity contribution in [3.05, 3.63) is 197 Å². The molecule has 4 nitrogen and oxygen atoms in total. The Hall–Kier alpha value is -6.91. The smallest absolute Gasteiger partial charge is 0.410 e. The van der Waals surface area contributed by atoms with Crippen molar-refractivity contribution in [3.8, 4) is 61.5 Å². The maximum absolute atomic E-state index is 8.17. The summed E-state index contributed by atoms with van der Waals surface area (Å²) in [5.74, 6) is 0.293. The Morgan fingerprint density at radius 1 is 0.621 bits per heavy atom. The van der Waals surface area contributed by atoms with Crippen molar-refractivity contribution in [1.29, 1.82) is 0 Å². The minimum Gasteiger partial charge on any atom is -0.410 e. The van der Waals surface area contributed by atoms with Gasteiger partial charge in [0.05, 0.1) is 22.6 Å². The molecule has 4 aliphatic heterocycles. The highest BCUT2D eigenvalue weighted by Crippen LogP contribution is 2.68. The van der Waals surface area contributed by atoms with Crippen LogP contribution in [-0.2, 0) is 23.1 Å². The van der Waals surface area contributed by atoms with Crippen molar-refractivity contribution < 1.29 is 13.4 Å². The third-order valence-corrected chi connectivity index (χ3v) is 14.3. The molecule has 0 bridgehead atoms. The van der Waals surface area contributed by atoms with Crippen LogP contribution in [0.1, 0.15) is 99.0 Å². The first-order valence-corrected chi connectivity index (χ1v) is 23.6. The largest absolute Gasteiger partial charge is 0.432 e. The molecule has 2 unspecified atom stereocenters. The minimum absolute atomic E-state index is 0.137. The van der Waals surface area contributed by atoms with Crippen LogP contribution in [0, 0.1) is 12.8 Å². The number of pyridine rings is 1. The Bertz CT molecular complexity index is 3380. The molecule has 1 spiro atoms. The lowest BCUT2D eigenvalue weighted by Crippen LogP contribution is -2.71. The molecule has 12 rings (SSSR count). The molecular formula is C62H58N3O+. The lowest BCUT2D eigenvalue weighted by Gasteiger charge is -2.49. The average molecular weight is 864 g/mol. The highest BCUT2D eigenvalue weighted by Gasteiger charge is 2.70. The first kappa shape index (κ1) is 37.3. The molecule has 2 atom stereocenters. The Kier molecular flexibility index (Phi) is 8.08. The highest BCUT2D eigenvalue weighted by molar-refractivity contribution is 6.03. The zero-order chi connectivity index (χ0) is 47.9. The van der Waals surface area contributed by atoms with Gasteiger partial charge < -0.3 is 9.64 Å². The zero-order valence-corrected chi connectivity index (χ0v) is 39.2. The van der Waals surface area contributed by atoms with Crippen LogP contribution in [0.5, 0.6) is 5.75 Å². The number of hydrogen-bond acceptors (Lipinski definition) is 3. The van der Waals surface area contributed by atoms with Gasteiger partial charge in [-0.15, -0.1) is 4.57 Å². The summed E-state index contributed by atoms with van der Waals surface area (Å²) in [6.45, 7) is 16.3. The van der Waals surface area contributed by atoms with Crippen molar-refractivity contribution in [2.75, 3.05) is 9.80 Å². The molecule has 0 saturated heterocycles. The fraction of sp³-hybridized carbons (Fsp3) is 0.242. The first-order chi connectivity index (χ1) is 32.9. The molecule has 0 radical (unpaired) electrons. The molecule has 326 valence electrons. The molecule has 5 heterocycles. The second-order valence-corrected chi connectivity index (χ2v) is 21.3. The number of para-hydroxylation sites is 1. The van der Waals surface area contributed by atoms with Crippen LogP contribution < -0.4 is 19.1 Å².